The summed E-state index contributed by atoms with van der Waals surface area (Å²) in [5.74, 6) is 0.134. The first kappa shape index (κ1) is 19.4. The minimum atomic E-state index is -0.313. The average Bonchev–Trinajstić information content (AvgIpc) is 2.98. The number of anilines is 2. The lowest BCUT2D eigenvalue weighted by atomic mass is 10.1. The molecule has 3 aromatic rings. The number of carbonyl (C=O) groups is 2. The SMILES string of the molecule is Cc1sc(NC(=O)CN2C(=O)CCOc3ccccc32)nc1-c1ccc(Cl)cc1. The van der Waals surface area contributed by atoms with E-state index in [1.54, 1.807) is 24.3 Å². The fraction of sp³-hybridized carbons (Fsp3) is 0.190. The number of nitrogens with one attached hydrogen (secondary N) is 1. The summed E-state index contributed by atoms with van der Waals surface area (Å²) >= 11 is 7.34. The molecule has 1 aromatic heterocycles. The van der Waals surface area contributed by atoms with Crippen molar-refractivity contribution in [2.24, 2.45) is 0 Å². The van der Waals surface area contributed by atoms with E-state index >= 15 is 0 Å². The molecule has 2 aromatic carbocycles. The third kappa shape index (κ3) is 4.26. The van der Waals surface area contributed by atoms with E-state index in [1.165, 1.54) is 16.2 Å². The van der Waals surface area contributed by atoms with Gasteiger partial charge in [0.15, 0.2) is 5.13 Å². The smallest absolute Gasteiger partial charge is 0.246 e. The first-order chi connectivity index (χ1) is 14.0. The summed E-state index contributed by atoms with van der Waals surface area (Å²) in [5.41, 5.74) is 2.33. The van der Waals surface area contributed by atoms with Gasteiger partial charge in [-0.05, 0) is 31.2 Å². The maximum absolute atomic E-state index is 12.7. The first-order valence-corrected chi connectivity index (χ1v) is 10.3. The summed E-state index contributed by atoms with van der Waals surface area (Å²) in [6.45, 7) is 2.14. The van der Waals surface area contributed by atoms with Crippen molar-refractivity contribution in [3.8, 4) is 17.0 Å². The Morgan fingerprint density at radius 1 is 1.24 bits per heavy atom. The molecule has 0 fully saturated rings. The molecule has 1 N–H and O–H groups in total. The van der Waals surface area contributed by atoms with Crippen molar-refractivity contribution in [3.05, 3.63) is 58.4 Å². The van der Waals surface area contributed by atoms with Crippen LogP contribution in [-0.2, 0) is 9.59 Å². The van der Waals surface area contributed by atoms with E-state index in [4.69, 9.17) is 16.3 Å². The molecule has 1 aliphatic heterocycles. The van der Waals surface area contributed by atoms with Crippen LogP contribution >= 0.6 is 22.9 Å². The van der Waals surface area contributed by atoms with E-state index in [9.17, 15) is 9.59 Å². The summed E-state index contributed by atoms with van der Waals surface area (Å²) in [6.07, 6.45) is 0.221. The Balaban J connectivity index is 1.51. The average molecular weight is 428 g/mol. The highest BCUT2D eigenvalue weighted by atomic mass is 35.5. The number of aryl methyl sites for hydroxylation is 1. The lowest BCUT2D eigenvalue weighted by Crippen LogP contribution is -2.37. The van der Waals surface area contributed by atoms with Gasteiger partial charge in [0.25, 0.3) is 0 Å². The van der Waals surface area contributed by atoms with E-state index in [2.05, 4.69) is 10.3 Å². The number of fused-ring (bicyclic) bond motifs is 1. The minimum Gasteiger partial charge on any atom is -0.491 e. The van der Waals surface area contributed by atoms with Gasteiger partial charge in [0, 0.05) is 15.5 Å². The van der Waals surface area contributed by atoms with Gasteiger partial charge in [0.2, 0.25) is 11.8 Å². The van der Waals surface area contributed by atoms with E-state index in [0.717, 1.165) is 16.1 Å². The van der Waals surface area contributed by atoms with Crippen molar-refractivity contribution in [1.29, 1.82) is 0 Å². The number of ether oxygens (including phenoxy) is 1. The van der Waals surface area contributed by atoms with Crippen LogP contribution in [0.25, 0.3) is 11.3 Å². The van der Waals surface area contributed by atoms with E-state index in [0.29, 0.717) is 28.2 Å². The molecule has 0 unspecified atom stereocenters. The highest BCUT2D eigenvalue weighted by Gasteiger charge is 2.25. The standard InChI is InChI=1S/C21H18ClN3O3S/c1-13-20(14-6-8-15(22)9-7-14)24-21(29-13)23-18(26)12-25-16-4-2-3-5-17(16)28-11-10-19(25)27/h2-9H,10-12H2,1H3,(H,23,24,26). The topological polar surface area (TPSA) is 71.5 Å². The van der Waals surface area contributed by atoms with Crippen molar-refractivity contribution in [3.63, 3.8) is 0 Å². The minimum absolute atomic E-state index is 0.103. The number of para-hydroxylation sites is 2. The summed E-state index contributed by atoms with van der Waals surface area (Å²) < 4.78 is 5.61. The molecule has 0 saturated carbocycles. The maximum atomic E-state index is 12.7. The maximum Gasteiger partial charge on any atom is 0.246 e. The zero-order chi connectivity index (χ0) is 20.4. The van der Waals surface area contributed by atoms with Gasteiger partial charge < -0.3 is 10.1 Å². The van der Waals surface area contributed by atoms with Gasteiger partial charge in [0.1, 0.15) is 12.3 Å². The molecule has 1 aliphatic rings. The van der Waals surface area contributed by atoms with Gasteiger partial charge in [-0.1, -0.05) is 35.9 Å². The monoisotopic (exact) mass is 427 g/mol. The highest BCUT2D eigenvalue weighted by molar-refractivity contribution is 7.16. The fourth-order valence-electron chi connectivity index (χ4n) is 3.12. The third-order valence-electron chi connectivity index (χ3n) is 4.49. The predicted molar refractivity (Wildman–Crippen MR) is 115 cm³/mol. The number of nitrogens with zero attached hydrogens (tertiary/aromatic N) is 2. The number of carbonyl (C=O) groups excluding carboxylic acids is 2. The zero-order valence-electron chi connectivity index (χ0n) is 15.6. The molecule has 29 heavy (non-hydrogen) atoms. The molecule has 0 saturated heterocycles. The van der Waals surface area contributed by atoms with Crippen LogP contribution in [0.4, 0.5) is 10.8 Å². The molecule has 4 rings (SSSR count). The highest BCUT2D eigenvalue weighted by Crippen LogP contribution is 2.32. The lowest BCUT2D eigenvalue weighted by Gasteiger charge is -2.20. The summed E-state index contributed by atoms with van der Waals surface area (Å²) in [6, 6.07) is 14.6. The summed E-state index contributed by atoms with van der Waals surface area (Å²) in [5, 5.41) is 3.96. The van der Waals surface area contributed by atoms with Crippen LogP contribution < -0.4 is 15.0 Å². The van der Waals surface area contributed by atoms with Crippen LogP contribution in [0.15, 0.2) is 48.5 Å². The summed E-state index contributed by atoms with van der Waals surface area (Å²) in [7, 11) is 0. The van der Waals surface area contributed by atoms with Crippen LogP contribution in [0.2, 0.25) is 5.02 Å². The lowest BCUT2D eigenvalue weighted by molar-refractivity contribution is -0.121. The zero-order valence-corrected chi connectivity index (χ0v) is 17.2. The number of amides is 2. The Morgan fingerprint density at radius 3 is 2.79 bits per heavy atom. The van der Waals surface area contributed by atoms with Gasteiger partial charge >= 0.3 is 0 Å². The van der Waals surface area contributed by atoms with Crippen molar-refractivity contribution >= 4 is 45.6 Å². The molecule has 0 atom stereocenters. The van der Waals surface area contributed by atoms with Gasteiger partial charge in [0.05, 0.1) is 24.4 Å². The normalized spacial score (nSPS) is 13.4. The second kappa shape index (κ2) is 8.23. The second-order valence-corrected chi connectivity index (χ2v) is 8.16. The van der Waals surface area contributed by atoms with E-state index in [1.807, 2.05) is 31.2 Å². The number of halogens is 1. The van der Waals surface area contributed by atoms with Crippen LogP contribution in [0.3, 0.4) is 0 Å². The molecule has 2 amide bonds. The van der Waals surface area contributed by atoms with Crippen LogP contribution in [0.1, 0.15) is 11.3 Å². The molecule has 0 spiro atoms. The van der Waals surface area contributed by atoms with Gasteiger partial charge in [-0.3, -0.25) is 14.5 Å². The predicted octanol–water partition coefficient (Wildman–Crippen LogP) is 4.53. The number of hydrogen-bond donors (Lipinski definition) is 1. The van der Waals surface area contributed by atoms with Crippen LogP contribution in [0, 0.1) is 6.92 Å². The Kier molecular flexibility index (Phi) is 5.51. The Morgan fingerprint density at radius 2 is 2.00 bits per heavy atom. The van der Waals surface area contributed by atoms with Crippen molar-refractivity contribution in [1.82, 2.24) is 4.98 Å². The molecule has 0 bridgehead atoms. The van der Waals surface area contributed by atoms with Crippen LogP contribution in [0.5, 0.6) is 5.75 Å². The molecule has 148 valence electrons. The number of thiazole rings is 1. The molecule has 0 radical (unpaired) electrons. The summed E-state index contributed by atoms with van der Waals surface area (Å²) in [4.78, 5) is 32.1. The molecule has 8 heteroatoms. The first-order valence-electron chi connectivity index (χ1n) is 9.06. The van der Waals surface area contributed by atoms with E-state index < -0.39 is 0 Å². The molecule has 6 nitrogen and oxygen atoms in total. The Hall–Kier alpha value is -2.90. The van der Waals surface area contributed by atoms with Crippen molar-refractivity contribution in [2.75, 3.05) is 23.4 Å². The molecular weight excluding hydrogens is 410 g/mol. The van der Waals surface area contributed by atoms with Gasteiger partial charge in [-0.2, -0.15) is 0 Å². The Bertz CT molecular complexity index is 1070. The number of benzene rings is 2. The molecule has 0 aliphatic carbocycles. The van der Waals surface area contributed by atoms with Gasteiger partial charge in [-0.25, -0.2) is 4.98 Å². The van der Waals surface area contributed by atoms with E-state index in [-0.39, 0.29) is 24.8 Å². The number of rotatable bonds is 4. The van der Waals surface area contributed by atoms with Crippen LogP contribution in [-0.4, -0.2) is 29.9 Å². The molecular formula is C21H18ClN3O3S. The largest absolute Gasteiger partial charge is 0.491 e. The second-order valence-electron chi connectivity index (χ2n) is 6.52. The third-order valence-corrected chi connectivity index (χ3v) is 5.63. The van der Waals surface area contributed by atoms with Gasteiger partial charge in [-0.15, -0.1) is 11.3 Å². The number of aromatic nitrogens is 1. The number of hydrogen-bond acceptors (Lipinski definition) is 5. The van der Waals surface area contributed by atoms with Crippen molar-refractivity contribution < 1.29 is 14.3 Å². The van der Waals surface area contributed by atoms with Crippen molar-refractivity contribution in [2.45, 2.75) is 13.3 Å². The fourth-order valence-corrected chi connectivity index (χ4v) is 4.10. The molecule has 2 heterocycles. The quantitative estimate of drug-likeness (QED) is 0.664. The Labute approximate surface area is 177 Å².